The maximum absolute atomic E-state index is 12.6. The summed E-state index contributed by atoms with van der Waals surface area (Å²) in [5.74, 6) is 1.26. The van der Waals surface area contributed by atoms with Crippen molar-refractivity contribution in [1.29, 1.82) is 0 Å². The summed E-state index contributed by atoms with van der Waals surface area (Å²) >= 11 is 0. The third-order valence-corrected chi connectivity index (χ3v) is 4.78. The number of aromatic nitrogens is 4. The molecule has 0 radical (unpaired) electrons. The van der Waals surface area contributed by atoms with Gasteiger partial charge in [0.1, 0.15) is 17.2 Å². The van der Waals surface area contributed by atoms with Crippen molar-refractivity contribution in [1.82, 2.24) is 20.0 Å². The van der Waals surface area contributed by atoms with Crippen LogP contribution in [0.25, 0.3) is 11.3 Å². The monoisotopic (exact) mass is 417 g/mol. The fourth-order valence-corrected chi connectivity index (χ4v) is 3.14. The van der Waals surface area contributed by atoms with Gasteiger partial charge in [-0.1, -0.05) is 17.7 Å². The lowest BCUT2D eigenvalue weighted by Gasteiger charge is -2.09. The number of H-pyrrole nitrogens is 1. The summed E-state index contributed by atoms with van der Waals surface area (Å²) in [6.07, 6.45) is 3.28. The Bertz CT molecular complexity index is 1190. The van der Waals surface area contributed by atoms with Crippen molar-refractivity contribution in [3.63, 3.8) is 0 Å². The predicted molar refractivity (Wildman–Crippen MR) is 117 cm³/mol. The zero-order valence-electron chi connectivity index (χ0n) is 17.5. The lowest BCUT2D eigenvalue weighted by Crippen LogP contribution is -2.12. The number of carbonyl (C=O) groups excluding carboxylic acids is 1. The van der Waals surface area contributed by atoms with Crippen molar-refractivity contribution < 1.29 is 14.3 Å². The quantitative estimate of drug-likeness (QED) is 0.470. The number of benzene rings is 2. The number of rotatable bonds is 7. The Morgan fingerprint density at radius 2 is 1.94 bits per heavy atom. The van der Waals surface area contributed by atoms with E-state index in [4.69, 9.17) is 9.47 Å². The second kappa shape index (κ2) is 8.74. The van der Waals surface area contributed by atoms with Crippen LogP contribution in [0.1, 0.15) is 21.6 Å². The molecule has 2 N–H and O–H groups in total. The van der Waals surface area contributed by atoms with Crippen LogP contribution in [-0.4, -0.2) is 33.0 Å². The number of hydrogen-bond acceptors (Lipinski definition) is 5. The average Bonchev–Trinajstić information content (AvgIpc) is 3.43. The summed E-state index contributed by atoms with van der Waals surface area (Å²) in [7, 11) is 1.61. The molecule has 0 atom stereocenters. The van der Waals surface area contributed by atoms with E-state index in [1.54, 1.807) is 30.3 Å². The molecular formula is C23H23N5O3. The summed E-state index contributed by atoms with van der Waals surface area (Å²) in [6, 6.07) is 15.2. The highest BCUT2D eigenvalue weighted by Gasteiger charge is 2.12. The highest BCUT2D eigenvalue weighted by atomic mass is 16.5. The smallest absolute Gasteiger partial charge is 0.273 e. The van der Waals surface area contributed by atoms with Gasteiger partial charge in [0.15, 0.2) is 6.73 Å². The molecule has 0 saturated carbocycles. The van der Waals surface area contributed by atoms with Gasteiger partial charge < -0.3 is 14.8 Å². The first-order chi connectivity index (χ1) is 15.0. The van der Waals surface area contributed by atoms with Gasteiger partial charge in [-0.05, 0) is 55.8 Å². The van der Waals surface area contributed by atoms with E-state index in [2.05, 4.69) is 26.7 Å². The summed E-state index contributed by atoms with van der Waals surface area (Å²) in [4.78, 5) is 12.6. The minimum Gasteiger partial charge on any atom is -0.497 e. The van der Waals surface area contributed by atoms with Gasteiger partial charge in [-0.2, -0.15) is 10.2 Å². The molecule has 0 saturated heterocycles. The van der Waals surface area contributed by atoms with E-state index in [-0.39, 0.29) is 12.6 Å². The van der Waals surface area contributed by atoms with E-state index < -0.39 is 0 Å². The number of nitrogens with one attached hydrogen (secondary N) is 2. The van der Waals surface area contributed by atoms with Gasteiger partial charge in [0.05, 0.1) is 30.9 Å². The van der Waals surface area contributed by atoms with Gasteiger partial charge in [-0.15, -0.1) is 0 Å². The molecule has 0 unspecified atom stereocenters. The van der Waals surface area contributed by atoms with Gasteiger partial charge in [-0.25, -0.2) is 4.68 Å². The van der Waals surface area contributed by atoms with Crippen LogP contribution in [0.15, 0.2) is 60.9 Å². The van der Waals surface area contributed by atoms with Crippen LogP contribution < -0.4 is 14.8 Å². The van der Waals surface area contributed by atoms with Crippen LogP contribution in [0, 0.1) is 13.8 Å². The Kier molecular flexibility index (Phi) is 5.70. The molecule has 0 aliphatic heterocycles. The van der Waals surface area contributed by atoms with Crippen molar-refractivity contribution in [3.05, 3.63) is 77.7 Å². The molecule has 2 heterocycles. The molecule has 0 fully saturated rings. The van der Waals surface area contributed by atoms with E-state index in [9.17, 15) is 4.79 Å². The van der Waals surface area contributed by atoms with Gasteiger partial charge in [0.25, 0.3) is 5.91 Å². The Labute approximate surface area is 179 Å². The zero-order chi connectivity index (χ0) is 21.8. The van der Waals surface area contributed by atoms with E-state index in [1.807, 2.05) is 50.2 Å². The molecule has 2 aromatic carbocycles. The highest BCUT2D eigenvalue weighted by molar-refractivity contribution is 6.03. The largest absolute Gasteiger partial charge is 0.497 e. The number of ether oxygens (including phenoxy) is 2. The van der Waals surface area contributed by atoms with Crippen molar-refractivity contribution in [3.8, 4) is 22.8 Å². The third kappa shape index (κ3) is 4.75. The van der Waals surface area contributed by atoms with Crippen LogP contribution in [0.2, 0.25) is 0 Å². The third-order valence-electron chi connectivity index (χ3n) is 4.78. The number of carbonyl (C=O) groups is 1. The van der Waals surface area contributed by atoms with E-state index in [0.29, 0.717) is 17.1 Å². The summed E-state index contributed by atoms with van der Waals surface area (Å²) in [6.45, 7) is 4.28. The molecular weight excluding hydrogens is 394 g/mol. The van der Waals surface area contributed by atoms with Crippen molar-refractivity contribution in [2.24, 2.45) is 0 Å². The lowest BCUT2D eigenvalue weighted by atomic mass is 10.1. The first kappa shape index (κ1) is 20.2. The average molecular weight is 417 g/mol. The Hall–Kier alpha value is -4.07. The minimum atomic E-state index is -0.304. The van der Waals surface area contributed by atoms with Crippen molar-refractivity contribution >= 4 is 11.6 Å². The molecule has 0 spiro atoms. The Morgan fingerprint density at radius 1 is 1.13 bits per heavy atom. The number of aromatic amines is 1. The Balaban J connectivity index is 1.37. The number of hydrogen-bond donors (Lipinski definition) is 2. The van der Waals surface area contributed by atoms with Crippen LogP contribution in [-0.2, 0) is 6.73 Å². The molecule has 8 nitrogen and oxygen atoms in total. The molecule has 8 heteroatoms. The van der Waals surface area contributed by atoms with Crippen LogP contribution in [0.5, 0.6) is 11.5 Å². The first-order valence-corrected chi connectivity index (χ1v) is 9.75. The van der Waals surface area contributed by atoms with E-state index >= 15 is 0 Å². The molecule has 0 aliphatic carbocycles. The number of nitrogens with zero attached hydrogens (tertiary/aromatic N) is 3. The number of amides is 1. The highest BCUT2D eigenvalue weighted by Crippen LogP contribution is 2.22. The van der Waals surface area contributed by atoms with Crippen LogP contribution >= 0.6 is 0 Å². The summed E-state index contributed by atoms with van der Waals surface area (Å²) < 4.78 is 12.6. The second-order valence-electron chi connectivity index (χ2n) is 7.16. The summed E-state index contributed by atoms with van der Waals surface area (Å²) in [5.41, 5.74) is 4.72. The van der Waals surface area contributed by atoms with Gasteiger partial charge in [0, 0.05) is 5.56 Å². The fourth-order valence-electron chi connectivity index (χ4n) is 3.14. The predicted octanol–water partition coefficient (Wildman–Crippen LogP) is 4.19. The molecule has 4 aromatic rings. The Morgan fingerprint density at radius 3 is 2.68 bits per heavy atom. The standard InChI is InChI=1S/C23H23N5O3/c1-15-4-9-22(16(2)10-15)31-14-28-13-18(12-24-28)25-23(29)21-11-20(26-27-21)17-5-7-19(30-3)8-6-17/h4-13H,14H2,1-3H3,(H,25,29)(H,26,27). The molecule has 31 heavy (non-hydrogen) atoms. The molecule has 2 aromatic heterocycles. The van der Waals surface area contributed by atoms with Gasteiger partial charge in [0.2, 0.25) is 0 Å². The summed E-state index contributed by atoms with van der Waals surface area (Å²) in [5, 5.41) is 14.0. The molecule has 0 aliphatic rings. The van der Waals surface area contributed by atoms with Gasteiger partial charge in [-0.3, -0.25) is 9.89 Å². The van der Waals surface area contributed by atoms with Crippen LogP contribution in [0.3, 0.4) is 0 Å². The molecule has 0 bridgehead atoms. The maximum atomic E-state index is 12.6. The zero-order valence-corrected chi connectivity index (χ0v) is 17.5. The lowest BCUT2D eigenvalue weighted by molar-refractivity contribution is 0.102. The van der Waals surface area contributed by atoms with E-state index in [0.717, 1.165) is 22.6 Å². The van der Waals surface area contributed by atoms with Gasteiger partial charge >= 0.3 is 0 Å². The molecule has 4 rings (SSSR count). The molecule has 158 valence electrons. The maximum Gasteiger partial charge on any atom is 0.273 e. The SMILES string of the molecule is COc1ccc(-c2cc(C(=O)Nc3cnn(COc4ccc(C)cc4C)c3)[nH]n2)cc1. The fraction of sp³-hybridized carbons (Fsp3) is 0.174. The first-order valence-electron chi connectivity index (χ1n) is 9.75. The van der Waals surface area contributed by atoms with E-state index in [1.165, 1.54) is 5.56 Å². The topological polar surface area (TPSA) is 94.1 Å². The van der Waals surface area contributed by atoms with Crippen LogP contribution in [0.4, 0.5) is 5.69 Å². The number of methoxy groups -OCH3 is 1. The second-order valence-corrected chi connectivity index (χ2v) is 7.16. The number of anilines is 1. The van der Waals surface area contributed by atoms with Crippen molar-refractivity contribution in [2.75, 3.05) is 12.4 Å². The normalized spacial score (nSPS) is 10.7. The minimum absolute atomic E-state index is 0.242. The van der Waals surface area contributed by atoms with Crippen molar-refractivity contribution in [2.45, 2.75) is 20.6 Å². The number of aryl methyl sites for hydroxylation is 2. The molecule has 1 amide bonds.